The second-order valence-electron chi connectivity index (χ2n) is 10.2. The number of piperidine rings is 1. The monoisotopic (exact) mass is 482 g/mol. The lowest BCUT2D eigenvalue weighted by atomic mass is 9.85. The Hall–Kier alpha value is -3.51. The lowest BCUT2D eigenvalue weighted by Crippen LogP contribution is -2.56. The van der Waals surface area contributed by atoms with E-state index in [0.717, 1.165) is 31.7 Å². The molecule has 0 bridgehead atoms. The summed E-state index contributed by atoms with van der Waals surface area (Å²) in [5.41, 5.74) is 4.96. The van der Waals surface area contributed by atoms with Gasteiger partial charge < -0.3 is 4.90 Å². The second-order valence-corrected chi connectivity index (χ2v) is 10.2. The number of carbonyl (C=O) groups is 2. The highest BCUT2D eigenvalue weighted by atomic mass is 16.2. The number of amides is 3. The van der Waals surface area contributed by atoms with Crippen LogP contribution in [0.2, 0.25) is 0 Å². The van der Waals surface area contributed by atoms with E-state index in [1.807, 2.05) is 41.3 Å². The number of pyridine rings is 1. The van der Waals surface area contributed by atoms with Crippen molar-refractivity contribution in [3.8, 4) is 0 Å². The Bertz CT molecular complexity index is 1200. The third-order valence-electron chi connectivity index (χ3n) is 7.51. The molecule has 2 aliphatic rings. The van der Waals surface area contributed by atoms with Crippen molar-refractivity contribution in [3.63, 3.8) is 0 Å². The number of benzene rings is 2. The van der Waals surface area contributed by atoms with Gasteiger partial charge in [0.15, 0.2) is 0 Å². The van der Waals surface area contributed by atoms with E-state index in [4.69, 9.17) is 0 Å². The molecule has 0 aliphatic carbocycles. The van der Waals surface area contributed by atoms with Crippen LogP contribution in [-0.4, -0.2) is 56.8 Å². The van der Waals surface area contributed by atoms with Crippen LogP contribution < -0.4 is 0 Å². The van der Waals surface area contributed by atoms with Gasteiger partial charge in [0, 0.05) is 32.4 Å². The zero-order valence-corrected chi connectivity index (χ0v) is 21.2. The van der Waals surface area contributed by atoms with Crippen LogP contribution in [0.15, 0.2) is 72.9 Å². The van der Waals surface area contributed by atoms with Crippen LogP contribution in [0.5, 0.6) is 0 Å². The molecule has 2 aliphatic heterocycles. The molecule has 3 heterocycles. The molecule has 1 spiro atoms. The molecule has 0 atom stereocenters. The highest BCUT2D eigenvalue weighted by Gasteiger charge is 2.57. The Morgan fingerprint density at radius 2 is 1.53 bits per heavy atom. The lowest BCUT2D eigenvalue weighted by molar-refractivity contribution is -0.136. The summed E-state index contributed by atoms with van der Waals surface area (Å²) in [7, 11) is 0. The third kappa shape index (κ3) is 4.91. The predicted molar refractivity (Wildman–Crippen MR) is 140 cm³/mol. The fourth-order valence-corrected chi connectivity index (χ4v) is 5.75. The van der Waals surface area contributed by atoms with Crippen molar-refractivity contribution in [3.05, 3.63) is 101 Å². The van der Waals surface area contributed by atoms with E-state index in [1.54, 1.807) is 6.20 Å². The van der Waals surface area contributed by atoms with E-state index in [9.17, 15) is 9.59 Å². The minimum Gasteiger partial charge on any atom is -0.309 e. The number of aryl methyl sites for hydroxylation is 2. The van der Waals surface area contributed by atoms with Gasteiger partial charge in [0.25, 0.3) is 5.91 Å². The van der Waals surface area contributed by atoms with Crippen molar-refractivity contribution < 1.29 is 9.59 Å². The minimum absolute atomic E-state index is 0.0720. The Labute approximate surface area is 213 Å². The normalized spacial score (nSPS) is 17.8. The molecule has 3 aromatic rings. The Balaban J connectivity index is 1.35. The molecule has 0 unspecified atom stereocenters. The maximum Gasteiger partial charge on any atom is 0.328 e. The van der Waals surface area contributed by atoms with E-state index in [0.29, 0.717) is 19.4 Å². The van der Waals surface area contributed by atoms with Crippen LogP contribution in [0, 0.1) is 13.8 Å². The van der Waals surface area contributed by atoms with Gasteiger partial charge in [-0.1, -0.05) is 65.7 Å². The first-order chi connectivity index (χ1) is 17.4. The molecule has 186 valence electrons. The van der Waals surface area contributed by atoms with E-state index in [1.165, 1.54) is 27.2 Å². The number of hydrogen-bond donors (Lipinski definition) is 0. The molecule has 2 saturated heterocycles. The van der Waals surface area contributed by atoms with Gasteiger partial charge in [-0.3, -0.25) is 19.6 Å². The fraction of sp³-hybridized carbons (Fsp3) is 0.367. The Kier molecular flexibility index (Phi) is 6.88. The average molecular weight is 483 g/mol. The van der Waals surface area contributed by atoms with E-state index in [2.05, 4.69) is 54.1 Å². The first kappa shape index (κ1) is 24.2. The van der Waals surface area contributed by atoms with Crippen molar-refractivity contribution in [2.45, 2.75) is 51.7 Å². The van der Waals surface area contributed by atoms with Crippen LogP contribution in [0.1, 0.15) is 40.8 Å². The molecule has 0 saturated carbocycles. The van der Waals surface area contributed by atoms with Gasteiger partial charge in [-0.05, 0) is 56.4 Å². The summed E-state index contributed by atoms with van der Waals surface area (Å²) in [5, 5.41) is 0. The number of likely N-dealkylation sites (tertiary alicyclic amines) is 1. The largest absolute Gasteiger partial charge is 0.328 e. The minimum atomic E-state index is -0.778. The van der Waals surface area contributed by atoms with Crippen LogP contribution in [0.3, 0.4) is 0 Å². The van der Waals surface area contributed by atoms with Crippen molar-refractivity contribution in [2.24, 2.45) is 0 Å². The number of hydrogen-bond acceptors (Lipinski definition) is 4. The van der Waals surface area contributed by atoms with E-state index in [-0.39, 0.29) is 18.5 Å². The summed E-state index contributed by atoms with van der Waals surface area (Å²) < 4.78 is 0. The number of nitrogens with zero attached hydrogens (tertiary/aromatic N) is 4. The molecule has 2 aromatic carbocycles. The Morgan fingerprint density at radius 1 is 0.833 bits per heavy atom. The summed E-state index contributed by atoms with van der Waals surface area (Å²) in [4.78, 5) is 37.6. The molecule has 36 heavy (non-hydrogen) atoms. The number of urea groups is 1. The molecule has 6 nitrogen and oxygen atoms in total. The average Bonchev–Trinajstić information content (AvgIpc) is 3.06. The molecule has 5 rings (SSSR count). The number of carbonyl (C=O) groups excluding carboxylic acids is 2. The Morgan fingerprint density at radius 3 is 2.19 bits per heavy atom. The topological polar surface area (TPSA) is 56.8 Å². The van der Waals surface area contributed by atoms with E-state index >= 15 is 0 Å². The van der Waals surface area contributed by atoms with Gasteiger partial charge in [0.2, 0.25) is 0 Å². The fourth-order valence-electron chi connectivity index (χ4n) is 5.75. The third-order valence-corrected chi connectivity index (χ3v) is 7.51. The summed E-state index contributed by atoms with van der Waals surface area (Å²) >= 11 is 0. The summed E-state index contributed by atoms with van der Waals surface area (Å²) in [5.74, 6) is -0.0720. The van der Waals surface area contributed by atoms with Crippen molar-refractivity contribution in [1.29, 1.82) is 0 Å². The lowest BCUT2D eigenvalue weighted by Gasteiger charge is -2.42. The zero-order chi connectivity index (χ0) is 25.1. The molecule has 1 aromatic heterocycles. The van der Waals surface area contributed by atoms with Crippen molar-refractivity contribution in [1.82, 2.24) is 19.7 Å². The molecular weight excluding hydrogens is 448 g/mol. The van der Waals surface area contributed by atoms with Crippen LogP contribution in [0.25, 0.3) is 0 Å². The van der Waals surface area contributed by atoms with Crippen LogP contribution >= 0.6 is 0 Å². The summed E-state index contributed by atoms with van der Waals surface area (Å²) in [6.07, 6.45) is 3.73. The smallest absolute Gasteiger partial charge is 0.309 e. The first-order valence-electron chi connectivity index (χ1n) is 12.8. The highest BCUT2D eigenvalue weighted by Crippen LogP contribution is 2.38. The van der Waals surface area contributed by atoms with Gasteiger partial charge >= 0.3 is 6.03 Å². The molecule has 0 N–H and O–H groups in total. The van der Waals surface area contributed by atoms with Gasteiger partial charge in [-0.2, -0.15) is 0 Å². The van der Waals surface area contributed by atoms with E-state index < -0.39 is 5.54 Å². The van der Waals surface area contributed by atoms with Crippen molar-refractivity contribution >= 4 is 11.9 Å². The first-order valence-corrected chi connectivity index (χ1v) is 12.8. The van der Waals surface area contributed by atoms with Gasteiger partial charge in [-0.15, -0.1) is 0 Å². The van der Waals surface area contributed by atoms with Crippen molar-refractivity contribution in [2.75, 3.05) is 19.6 Å². The van der Waals surface area contributed by atoms with Crippen LogP contribution in [0.4, 0.5) is 4.79 Å². The summed E-state index contributed by atoms with van der Waals surface area (Å²) in [6, 6.07) is 22.3. The maximum absolute atomic E-state index is 13.9. The summed E-state index contributed by atoms with van der Waals surface area (Å²) in [6.45, 7) is 7.44. The highest BCUT2D eigenvalue weighted by molar-refractivity contribution is 6.07. The quantitative estimate of drug-likeness (QED) is 0.457. The van der Waals surface area contributed by atoms with Crippen LogP contribution in [-0.2, 0) is 24.3 Å². The SMILES string of the molecule is Cc1cc(C)cc(CN2CCC3(CC2)C(=O)N(Cc2ccccn2)C(=O)N3CCc2ccccc2)c1. The molecule has 3 amide bonds. The molecular formula is C30H34N4O2. The van der Waals surface area contributed by atoms with Gasteiger partial charge in [0.05, 0.1) is 12.2 Å². The van der Waals surface area contributed by atoms with Gasteiger partial charge in [0.1, 0.15) is 5.54 Å². The van der Waals surface area contributed by atoms with Gasteiger partial charge in [-0.25, -0.2) is 4.79 Å². The molecule has 2 fully saturated rings. The molecule has 0 radical (unpaired) electrons. The zero-order valence-electron chi connectivity index (χ0n) is 21.2. The maximum atomic E-state index is 13.9. The number of imide groups is 1. The standard InChI is InChI=1S/C30H34N4O2/c1-23-18-24(2)20-26(19-23)21-32-16-12-30(13-17-32)28(35)33(22-27-10-6-7-14-31-27)29(36)34(30)15-11-25-8-4-3-5-9-25/h3-10,14,18-20H,11-13,15-17,21-22H2,1-2H3. The number of rotatable bonds is 7. The number of aromatic nitrogens is 1. The second kappa shape index (κ2) is 10.2. The predicted octanol–water partition coefficient (Wildman–Crippen LogP) is 4.74. The molecule has 6 heteroatoms.